The highest BCUT2D eigenvalue weighted by Crippen LogP contribution is 2.23. The minimum absolute atomic E-state index is 0.379. The topological polar surface area (TPSA) is 49.8 Å². The minimum atomic E-state index is -0.669. The van der Waals surface area contributed by atoms with Gasteiger partial charge in [-0.3, -0.25) is 9.69 Å². The number of hydrogen-bond acceptors (Lipinski definition) is 4. The first-order valence-corrected chi connectivity index (χ1v) is 8.15. The number of piperidine rings is 1. The second kappa shape index (κ2) is 9.13. The first kappa shape index (κ1) is 18.9. The van der Waals surface area contributed by atoms with Crippen LogP contribution in [0, 0.1) is 6.92 Å². The Kier molecular flexibility index (Phi) is 7.87. The summed E-state index contributed by atoms with van der Waals surface area (Å²) in [4.78, 5) is 13.8. The monoisotopic (exact) mass is 327 g/mol. The Bertz CT molecular complexity index is 493. The molecule has 1 fully saturated rings. The van der Waals surface area contributed by atoms with Gasteiger partial charge in [0.1, 0.15) is 6.04 Å². The fourth-order valence-corrected chi connectivity index (χ4v) is 2.82. The number of aliphatic hydroxyl groups excluding tert-OH is 1. The SMILES string of the molecule is CC.COC(=O)C1C(O)CCCN1Cc1ccc(C)c(Cl)c1. The van der Waals surface area contributed by atoms with Gasteiger partial charge in [0.15, 0.2) is 0 Å². The van der Waals surface area contributed by atoms with Gasteiger partial charge in [0.25, 0.3) is 0 Å². The lowest BCUT2D eigenvalue weighted by molar-refractivity contribution is -0.154. The van der Waals surface area contributed by atoms with Gasteiger partial charge in [0, 0.05) is 11.6 Å². The van der Waals surface area contributed by atoms with Crippen molar-refractivity contribution >= 4 is 17.6 Å². The number of likely N-dealkylation sites (tertiary alicyclic amines) is 1. The van der Waals surface area contributed by atoms with Crippen LogP contribution < -0.4 is 0 Å². The summed E-state index contributed by atoms with van der Waals surface area (Å²) in [6, 6.07) is 5.28. The lowest BCUT2D eigenvalue weighted by Crippen LogP contribution is -2.52. The molecule has 0 amide bonds. The number of carbonyl (C=O) groups excluding carboxylic acids is 1. The molecule has 0 radical (unpaired) electrons. The fourth-order valence-electron chi connectivity index (χ4n) is 2.62. The standard InChI is InChI=1S/C15H20ClNO3.C2H6/c1-10-5-6-11(8-12(10)16)9-17-7-3-4-13(18)14(17)15(19)20-2;1-2/h5-6,8,13-14,18H,3-4,7,9H2,1-2H3;1-2H3. The molecule has 0 bridgehead atoms. The van der Waals surface area contributed by atoms with Crippen LogP contribution in [0.1, 0.15) is 37.8 Å². The van der Waals surface area contributed by atoms with Crippen LogP contribution >= 0.6 is 11.6 Å². The number of rotatable bonds is 3. The molecule has 1 heterocycles. The quantitative estimate of drug-likeness (QED) is 0.866. The summed E-state index contributed by atoms with van der Waals surface area (Å²) in [5, 5.41) is 10.8. The molecule has 1 aliphatic heterocycles. The summed E-state index contributed by atoms with van der Waals surface area (Å²) in [5.74, 6) is -0.379. The lowest BCUT2D eigenvalue weighted by atomic mass is 9.98. The zero-order valence-corrected chi connectivity index (χ0v) is 14.6. The first-order chi connectivity index (χ1) is 10.5. The minimum Gasteiger partial charge on any atom is -0.468 e. The molecule has 1 aromatic rings. The molecule has 2 unspecified atom stereocenters. The summed E-state index contributed by atoms with van der Waals surface area (Å²) in [7, 11) is 1.35. The van der Waals surface area contributed by atoms with Gasteiger partial charge < -0.3 is 9.84 Å². The molecule has 0 saturated carbocycles. The van der Waals surface area contributed by atoms with Gasteiger partial charge in [-0.2, -0.15) is 0 Å². The van der Waals surface area contributed by atoms with E-state index in [0.717, 1.165) is 29.1 Å². The Hall–Kier alpha value is -1.10. The van der Waals surface area contributed by atoms with Crippen molar-refractivity contribution in [2.45, 2.75) is 52.3 Å². The average Bonchev–Trinajstić information content (AvgIpc) is 2.52. The van der Waals surface area contributed by atoms with Gasteiger partial charge >= 0.3 is 5.97 Å². The van der Waals surface area contributed by atoms with Crippen LogP contribution in [0.2, 0.25) is 5.02 Å². The van der Waals surface area contributed by atoms with E-state index in [2.05, 4.69) is 0 Å². The molecular formula is C17H26ClNO3. The number of methoxy groups -OCH3 is 1. The molecule has 0 aromatic heterocycles. The molecule has 1 N–H and O–H groups in total. The number of nitrogens with zero attached hydrogens (tertiary/aromatic N) is 1. The number of aryl methyl sites for hydroxylation is 1. The van der Waals surface area contributed by atoms with Crippen molar-refractivity contribution in [3.63, 3.8) is 0 Å². The van der Waals surface area contributed by atoms with Crippen LogP contribution in [0.25, 0.3) is 0 Å². The second-order valence-electron chi connectivity index (χ2n) is 5.23. The van der Waals surface area contributed by atoms with Crippen LogP contribution in [0.3, 0.4) is 0 Å². The highest BCUT2D eigenvalue weighted by atomic mass is 35.5. The Morgan fingerprint density at radius 1 is 1.45 bits per heavy atom. The smallest absolute Gasteiger partial charge is 0.325 e. The molecule has 1 aliphatic rings. The van der Waals surface area contributed by atoms with E-state index in [4.69, 9.17) is 16.3 Å². The van der Waals surface area contributed by atoms with Crippen LogP contribution in [0.4, 0.5) is 0 Å². The molecule has 124 valence electrons. The predicted molar refractivity (Wildman–Crippen MR) is 89.0 cm³/mol. The van der Waals surface area contributed by atoms with E-state index < -0.39 is 12.1 Å². The van der Waals surface area contributed by atoms with Crippen molar-refractivity contribution < 1.29 is 14.6 Å². The first-order valence-electron chi connectivity index (χ1n) is 7.78. The second-order valence-corrected chi connectivity index (χ2v) is 5.64. The van der Waals surface area contributed by atoms with Crippen molar-refractivity contribution in [3.05, 3.63) is 34.3 Å². The Balaban J connectivity index is 0.00000116. The van der Waals surface area contributed by atoms with E-state index in [0.29, 0.717) is 13.0 Å². The summed E-state index contributed by atoms with van der Waals surface area (Å²) < 4.78 is 4.80. The van der Waals surface area contributed by atoms with Gasteiger partial charge in [-0.25, -0.2) is 0 Å². The molecule has 1 aromatic carbocycles. The van der Waals surface area contributed by atoms with Crippen LogP contribution in [0.15, 0.2) is 18.2 Å². The Morgan fingerprint density at radius 2 is 2.14 bits per heavy atom. The fraction of sp³-hybridized carbons (Fsp3) is 0.588. The summed E-state index contributed by atoms with van der Waals surface area (Å²) in [6.45, 7) is 7.30. The normalized spacial score (nSPS) is 21.7. The third kappa shape index (κ3) is 4.70. The van der Waals surface area contributed by atoms with Gasteiger partial charge in [0.05, 0.1) is 13.2 Å². The maximum absolute atomic E-state index is 11.8. The van der Waals surface area contributed by atoms with Gasteiger partial charge in [0.2, 0.25) is 0 Å². The number of halogens is 1. The molecule has 0 aliphatic carbocycles. The van der Waals surface area contributed by atoms with E-state index in [1.165, 1.54) is 7.11 Å². The number of benzene rings is 1. The van der Waals surface area contributed by atoms with E-state index in [9.17, 15) is 9.90 Å². The highest BCUT2D eigenvalue weighted by Gasteiger charge is 2.36. The van der Waals surface area contributed by atoms with Crippen molar-refractivity contribution in [2.24, 2.45) is 0 Å². The third-order valence-corrected chi connectivity index (χ3v) is 4.17. The molecule has 1 saturated heterocycles. The van der Waals surface area contributed by atoms with E-state index in [1.54, 1.807) is 0 Å². The highest BCUT2D eigenvalue weighted by molar-refractivity contribution is 6.31. The molecule has 22 heavy (non-hydrogen) atoms. The van der Waals surface area contributed by atoms with Crippen molar-refractivity contribution in [3.8, 4) is 0 Å². The van der Waals surface area contributed by atoms with Gasteiger partial charge in [-0.1, -0.05) is 37.6 Å². The molecule has 2 rings (SSSR count). The maximum atomic E-state index is 11.8. The van der Waals surface area contributed by atoms with E-state index in [1.807, 2.05) is 43.9 Å². The predicted octanol–water partition coefficient (Wildman–Crippen LogP) is 3.17. The van der Waals surface area contributed by atoms with E-state index >= 15 is 0 Å². The lowest BCUT2D eigenvalue weighted by Gasteiger charge is -2.37. The Labute approximate surface area is 138 Å². The summed E-state index contributed by atoms with van der Waals surface area (Å²) >= 11 is 6.13. The Morgan fingerprint density at radius 3 is 2.73 bits per heavy atom. The van der Waals surface area contributed by atoms with Crippen LogP contribution in [-0.4, -0.2) is 41.8 Å². The number of hydrogen-bond donors (Lipinski definition) is 1. The average molecular weight is 328 g/mol. The van der Waals surface area contributed by atoms with Crippen molar-refractivity contribution in [2.75, 3.05) is 13.7 Å². The third-order valence-electron chi connectivity index (χ3n) is 3.77. The zero-order chi connectivity index (χ0) is 16.7. The van der Waals surface area contributed by atoms with Crippen molar-refractivity contribution in [1.29, 1.82) is 0 Å². The molecule has 2 atom stereocenters. The number of esters is 1. The van der Waals surface area contributed by atoms with Crippen LogP contribution in [-0.2, 0) is 16.1 Å². The molecule has 4 nitrogen and oxygen atoms in total. The molecule has 0 spiro atoms. The number of ether oxygens (including phenoxy) is 1. The molecular weight excluding hydrogens is 302 g/mol. The van der Waals surface area contributed by atoms with Gasteiger partial charge in [-0.05, 0) is 43.5 Å². The number of aliphatic hydroxyl groups is 1. The number of carbonyl (C=O) groups is 1. The van der Waals surface area contributed by atoms with Crippen molar-refractivity contribution in [1.82, 2.24) is 4.90 Å². The largest absolute Gasteiger partial charge is 0.468 e. The van der Waals surface area contributed by atoms with Gasteiger partial charge in [-0.15, -0.1) is 0 Å². The summed E-state index contributed by atoms with van der Waals surface area (Å²) in [5.41, 5.74) is 2.06. The maximum Gasteiger partial charge on any atom is 0.325 e. The van der Waals surface area contributed by atoms with Crippen LogP contribution in [0.5, 0.6) is 0 Å². The molecule has 5 heteroatoms. The van der Waals surface area contributed by atoms with E-state index in [-0.39, 0.29) is 5.97 Å². The summed E-state index contributed by atoms with van der Waals surface area (Å²) in [6.07, 6.45) is 0.830. The zero-order valence-electron chi connectivity index (χ0n) is 13.8.